The maximum absolute atomic E-state index is 13.7. The molecule has 2 aliphatic heterocycles. The monoisotopic (exact) mass is 487 g/mol. The minimum Gasteiger partial charge on any atom is -0.343 e. The van der Waals surface area contributed by atoms with Gasteiger partial charge in [-0.2, -0.15) is 28.2 Å². The number of anilines is 1. The Morgan fingerprint density at radius 3 is 2.56 bits per heavy atom. The molecule has 2 aromatic heterocycles. The van der Waals surface area contributed by atoms with Crippen molar-refractivity contribution in [3.8, 4) is 5.69 Å². The number of nitrogens with one attached hydrogen (secondary N) is 1. The minimum atomic E-state index is -4.58. The Hall–Kier alpha value is -3.73. The number of amides is 1. The van der Waals surface area contributed by atoms with Gasteiger partial charge in [0.05, 0.1) is 41.7 Å². The third kappa shape index (κ3) is 3.92. The van der Waals surface area contributed by atoms with Crippen LogP contribution in [0.1, 0.15) is 28.9 Å². The first kappa shape index (κ1) is 22.1. The number of benzene rings is 1. The van der Waals surface area contributed by atoms with E-state index in [4.69, 9.17) is 11.6 Å². The Morgan fingerprint density at radius 1 is 1.18 bits per heavy atom. The molecule has 12 heteroatoms. The van der Waals surface area contributed by atoms with Crippen LogP contribution in [0.25, 0.3) is 5.69 Å². The Morgan fingerprint density at radius 2 is 1.91 bits per heavy atom. The fourth-order valence-corrected chi connectivity index (χ4v) is 4.26. The largest absolute Gasteiger partial charge is 0.434 e. The summed E-state index contributed by atoms with van der Waals surface area (Å²) < 4.78 is 38.2. The Bertz CT molecular complexity index is 1280. The summed E-state index contributed by atoms with van der Waals surface area (Å²) in [6.07, 6.45) is 3.13. The standard InChI is InChI=1S/C22H17ClF3N7O/c1-12-13-6-15(7-13)32(18(12)9-28-20-11-27-19(10-29-20)22(24,25)26)21(34)16-3-2-14(23)8-17(16)33-30-4-5-31-33/h2-5,8-11,13,15H,1,6-7H2,(H,28,29)/b18-9+. The number of hydrogen-bond donors (Lipinski definition) is 1. The van der Waals surface area contributed by atoms with Crippen LogP contribution in [0, 0.1) is 5.92 Å². The van der Waals surface area contributed by atoms with Crippen molar-refractivity contribution in [2.24, 2.45) is 5.92 Å². The normalized spacial score (nSPS) is 20.9. The lowest BCUT2D eigenvalue weighted by atomic mass is 9.69. The fraction of sp³-hybridized carbons (Fsp3) is 0.227. The van der Waals surface area contributed by atoms with Gasteiger partial charge in [-0.25, -0.2) is 9.97 Å². The molecule has 174 valence electrons. The Labute approximate surface area is 196 Å². The lowest BCUT2D eigenvalue weighted by Crippen LogP contribution is -2.53. The first-order chi connectivity index (χ1) is 16.2. The Balaban J connectivity index is 1.47. The molecule has 1 aliphatic carbocycles. The van der Waals surface area contributed by atoms with Crippen LogP contribution >= 0.6 is 11.6 Å². The van der Waals surface area contributed by atoms with Crippen molar-refractivity contribution in [1.29, 1.82) is 0 Å². The summed E-state index contributed by atoms with van der Waals surface area (Å²) in [6.45, 7) is 4.15. The predicted molar refractivity (Wildman–Crippen MR) is 117 cm³/mol. The number of aromatic nitrogens is 5. The van der Waals surface area contributed by atoms with Crippen LogP contribution in [-0.4, -0.2) is 41.8 Å². The van der Waals surface area contributed by atoms with Gasteiger partial charge in [-0.15, -0.1) is 0 Å². The molecule has 0 spiro atoms. The van der Waals surface area contributed by atoms with Crippen LogP contribution in [0.3, 0.4) is 0 Å². The van der Waals surface area contributed by atoms with Gasteiger partial charge in [-0.05, 0) is 42.5 Å². The molecular formula is C22H17ClF3N7O. The van der Waals surface area contributed by atoms with Gasteiger partial charge in [0.25, 0.3) is 5.91 Å². The van der Waals surface area contributed by atoms with E-state index in [1.807, 2.05) is 0 Å². The van der Waals surface area contributed by atoms with E-state index in [0.717, 1.165) is 24.6 Å². The van der Waals surface area contributed by atoms with E-state index in [1.165, 1.54) is 23.4 Å². The molecule has 0 atom stereocenters. The number of carbonyl (C=O) groups is 1. The highest BCUT2D eigenvalue weighted by Crippen LogP contribution is 2.48. The van der Waals surface area contributed by atoms with Crippen LogP contribution in [-0.2, 0) is 6.18 Å². The molecule has 3 fully saturated rings. The second kappa shape index (κ2) is 8.24. The SMILES string of the molecule is C=C1/C(=C\Nc2cnc(C(F)(F)F)cn2)N(C(=O)c2ccc(Cl)cc2-n2nccn2)C2CC1C2. The van der Waals surface area contributed by atoms with Crippen LogP contribution in [0.15, 0.2) is 67.0 Å². The van der Waals surface area contributed by atoms with E-state index in [-0.39, 0.29) is 23.7 Å². The number of halogens is 4. The zero-order chi connectivity index (χ0) is 24.0. The van der Waals surface area contributed by atoms with Crippen molar-refractivity contribution in [3.63, 3.8) is 0 Å². The van der Waals surface area contributed by atoms with E-state index in [1.54, 1.807) is 23.1 Å². The average Bonchev–Trinajstić information content (AvgIpc) is 3.31. The number of piperidine rings is 2. The van der Waals surface area contributed by atoms with Gasteiger partial charge in [0.2, 0.25) is 0 Å². The lowest BCUT2D eigenvalue weighted by molar-refractivity contribution is -0.141. The number of nitrogens with zero attached hydrogens (tertiary/aromatic N) is 6. The van der Waals surface area contributed by atoms with Crippen LogP contribution in [0.5, 0.6) is 0 Å². The fourth-order valence-electron chi connectivity index (χ4n) is 4.09. The first-order valence-corrected chi connectivity index (χ1v) is 10.6. The van der Waals surface area contributed by atoms with Crippen LogP contribution in [0.2, 0.25) is 5.02 Å². The third-order valence-corrected chi connectivity index (χ3v) is 6.14. The van der Waals surface area contributed by atoms with Crippen molar-refractivity contribution in [2.75, 3.05) is 5.32 Å². The Kier molecular flexibility index (Phi) is 5.35. The van der Waals surface area contributed by atoms with Gasteiger partial charge in [-0.1, -0.05) is 18.2 Å². The molecule has 0 radical (unpaired) electrons. The van der Waals surface area contributed by atoms with Gasteiger partial charge >= 0.3 is 6.18 Å². The molecule has 34 heavy (non-hydrogen) atoms. The maximum Gasteiger partial charge on any atom is 0.434 e. The number of fused-ring (bicyclic) bond motifs is 2. The number of hydrogen-bond acceptors (Lipinski definition) is 6. The average molecular weight is 488 g/mol. The van der Waals surface area contributed by atoms with Crippen LogP contribution in [0.4, 0.5) is 19.0 Å². The molecular weight excluding hydrogens is 471 g/mol. The van der Waals surface area contributed by atoms with Crippen molar-refractivity contribution in [2.45, 2.75) is 25.1 Å². The molecule has 0 unspecified atom stereocenters. The summed E-state index contributed by atoms with van der Waals surface area (Å²) in [7, 11) is 0. The highest BCUT2D eigenvalue weighted by atomic mass is 35.5. The third-order valence-electron chi connectivity index (χ3n) is 5.90. The van der Waals surface area contributed by atoms with Gasteiger partial charge in [0.15, 0.2) is 5.69 Å². The first-order valence-electron chi connectivity index (χ1n) is 10.3. The van der Waals surface area contributed by atoms with E-state index in [9.17, 15) is 18.0 Å². The number of alkyl halides is 3. The summed E-state index contributed by atoms with van der Waals surface area (Å²) in [5.74, 6) is 0.0472. The molecule has 8 nitrogen and oxygen atoms in total. The van der Waals surface area contributed by atoms with Crippen molar-refractivity contribution in [3.05, 3.63) is 83.3 Å². The topological polar surface area (TPSA) is 88.8 Å². The molecule has 2 saturated heterocycles. The number of allylic oxidation sites excluding steroid dienone is 1. The molecule has 4 heterocycles. The molecule has 1 amide bonds. The smallest absolute Gasteiger partial charge is 0.343 e. The summed E-state index contributed by atoms with van der Waals surface area (Å²) in [5.41, 5.74) is 0.979. The maximum atomic E-state index is 13.7. The summed E-state index contributed by atoms with van der Waals surface area (Å²) in [4.78, 5) is 23.9. The van der Waals surface area contributed by atoms with E-state index in [0.29, 0.717) is 28.2 Å². The second-order valence-electron chi connectivity index (χ2n) is 7.96. The molecule has 6 rings (SSSR count). The van der Waals surface area contributed by atoms with E-state index >= 15 is 0 Å². The predicted octanol–water partition coefficient (Wildman–Crippen LogP) is 4.47. The van der Waals surface area contributed by atoms with E-state index in [2.05, 4.69) is 32.1 Å². The summed E-state index contributed by atoms with van der Waals surface area (Å²) >= 11 is 6.16. The highest BCUT2D eigenvalue weighted by Gasteiger charge is 2.46. The van der Waals surface area contributed by atoms with Crippen molar-refractivity contribution < 1.29 is 18.0 Å². The van der Waals surface area contributed by atoms with Gasteiger partial charge in [-0.3, -0.25) is 4.79 Å². The molecule has 3 aromatic rings. The second-order valence-corrected chi connectivity index (χ2v) is 8.40. The zero-order valence-electron chi connectivity index (χ0n) is 17.5. The van der Waals surface area contributed by atoms with Gasteiger partial charge < -0.3 is 10.2 Å². The highest BCUT2D eigenvalue weighted by molar-refractivity contribution is 6.31. The quantitative estimate of drug-likeness (QED) is 0.584. The van der Waals surface area contributed by atoms with Crippen molar-refractivity contribution >= 4 is 23.3 Å². The zero-order valence-corrected chi connectivity index (χ0v) is 18.3. The van der Waals surface area contributed by atoms with Crippen molar-refractivity contribution in [1.82, 2.24) is 29.9 Å². The van der Waals surface area contributed by atoms with E-state index < -0.39 is 11.9 Å². The lowest BCUT2D eigenvalue weighted by Gasteiger charge is -2.51. The number of rotatable bonds is 4. The van der Waals surface area contributed by atoms with Gasteiger partial charge in [0.1, 0.15) is 5.82 Å². The molecule has 1 N–H and O–H groups in total. The summed E-state index contributed by atoms with van der Waals surface area (Å²) in [5, 5.41) is 11.5. The minimum absolute atomic E-state index is 0.0381. The van der Waals surface area contributed by atoms with Crippen LogP contribution < -0.4 is 5.32 Å². The molecule has 3 aliphatic rings. The molecule has 1 saturated carbocycles. The summed E-state index contributed by atoms with van der Waals surface area (Å²) in [6, 6.07) is 4.80. The molecule has 1 aromatic carbocycles. The number of carbonyl (C=O) groups excluding carboxylic acids is 1. The molecule has 2 bridgehead atoms. The van der Waals surface area contributed by atoms with Gasteiger partial charge in [0, 0.05) is 17.3 Å².